The van der Waals surface area contributed by atoms with Crippen LogP contribution in [0.25, 0.3) is 0 Å². The molecule has 1 aromatic heterocycles. The van der Waals surface area contributed by atoms with E-state index < -0.39 is 23.9 Å². The molecule has 2 atom stereocenters. The van der Waals surface area contributed by atoms with Crippen molar-refractivity contribution >= 4 is 5.91 Å². The Labute approximate surface area is 121 Å². The minimum absolute atomic E-state index is 0.00317. The topological polar surface area (TPSA) is 71.7 Å². The molecule has 0 fully saturated rings. The number of ether oxygens (including phenoxy) is 1. The Morgan fingerprint density at radius 3 is 2.90 bits per heavy atom. The fourth-order valence-corrected chi connectivity index (χ4v) is 1.72. The van der Waals surface area contributed by atoms with E-state index in [0.29, 0.717) is 5.76 Å². The maximum Gasteiger partial charge on any atom is 0.260 e. The maximum atomic E-state index is 13.0. The van der Waals surface area contributed by atoms with Gasteiger partial charge in [-0.25, -0.2) is 4.39 Å². The van der Waals surface area contributed by atoms with Gasteiger partial charge >= 0.3 is 0 Å². The van der Waals surface area contributed by atoms with Crippen molar-refractivity contribution in [2.45, 2.75) is 19.1 Å². The standard InChI is InChI=1S/C15H16FNO4/c1-10(21-12-5-2-4-11(16)8-12)15(19)17-9-13(18)14-6-3-7-20-14/h2-8,10,13,18H,9H2,1H3,(H,17,19). The van der Waals surface area contributed by atoms with Gasteiger partial charge in [0.25, 0.3) is 5.91 Å². The molecule has 0 aliphatic rings. The predicted molar refractivity (Wildman–Crippen MR) is 73.2 cm³/mol. The quantitative estimate of drug-likeness (QED) is 0.855. The van der Waals surface area contributed by atoms with Gasteiger partial charge in [0.2, 0.25) is 0 Å². The van der Waals surface area contributed by atoms with Gasteiger partial charge in [0, 0.05) is 6.07 Å². The zero-order valence-corrected chi connectivity index (χ0v) is 11.5. The monoisotopic (exact) mass is 293 g/mol. The van der Waals surface area contributed by atoms with Crippen LogP contribution in [0.1, 0.15) is 18.8 Å². The third-order valence-corrected chi connectivity index (χ3v) is 2.82. The van der Waals surface area contributed by atoms with E-state index >= 15 is 0 Å². The Balaban J connectivity index is 1.82. The lowest BCUT2D eigenvalue weighted by Gasteiger charge is -2.16. The molecule has 0 saturated heterocycles. The van der Waals surface area contributed by atoms with E-state index in [1.165, 1.54) is 24.5 Å². The Morgan fingerprint density at radius 1 is 1.43 bits per heavy atom. The highest BCUT2D eigenvalue weighted by Crippen LogP contribution is 2.14. The molecule has 0 saturated carbocycles. The number of benzene rings is 1. The third-order valence-electron chi connectivity index (χ3n) is 2.82. The molecule has 1 amide bonds. The van der Waals surface area contributed by atoms with E-state index in [-0.39, 0.29) is 12.3 Å². The first-order chi connectivity index (χ1) is 10.1. The summed E-state index contributed by atoms with van der Waals surface area (Å²) in [5.41, 5.74) is 0. The van der Waals surface area contributed by atoms with Crippen LogP contribution in [0.2, 0.25) is 0 Å². The molecule has 21 heavy (non-hydrogen) atoms. The van der Waals surface area contributed by atoms with Crippen LogP contribution in [0, 0.1) is 5.82 Å². The molecular weight excluding hydrogens is 277 g/mol. The van der Waals surface area contributed by atoms with Crippen LogP contribution in [-0.2, 0) is 4.79 Å². The van der Waals surface area contributed by atoms with Gasteiger partial charge in [-0.15, -0.1) is 0 Å². The van der Waals surface area contributed by atoms with Crippen molar-refractivity contribution in [1.29, 1.82) is 0 Å². The zero-order valence-electron chi connectivity index (χ0n) is 11.5. The summed E-state index contributed by atoms with van der Waals surface area (Å²) < 4.78 is 23.4. The second-order valence-corrected chi connectivity index (χ2v) is 4.49. The predicted octanol–water partition coefficient (Wildman–Crippen LogP) is 2.04. The molecule has 0 bridgehead atoms. The summed E-state index contributed by atoms with van der Waals surface area (Å²) in [4.78, 5) is 11.8. The Bertz CT molecular complexity index is 585. The van der Waals surface area contributed by atoms with E-state index in [1.807, 2.05) is 0 Å². The van der Waals surface area contributed by atoms with Crippen molar-refractivity contribution < 1.29 is 23.4 Å². The summed E-state index contributed by atoms with van der Waals surface area (Å²) in [6, 6.07) is 8.80. The van der Waals surface area contributed by atoms with Gasteiger partial charge in [-0.05, 0) is 31.2 Å². The lowest BCUT2D eigenvalue weighted by Crippen LogP contribution is -2.38. The largest absolute Gasteiger partial charge is 0.481 e. The Hall–Kier alpha value is -2.34. The molecule has 0 aliphatic heterocycles. The molecule has 2 aromatic rings. The lowest BCUT2D eigenvalue weighted by molar-refractivity contribution is -0.127. The van der Waals surface area contributed by atoms with E-state index in [0.717, 1.165) is 0 Å². The Kier molecular flexibility index (Phi) is 4.94. The van der Waals surface area contributed by atoms with E-state index in [1.54, 1.807) is 25.1 Å². The van der Waals surface area contributed by atoms with Gasteiger partial charge in [-0.2, -0.15) is 0 Å². The molecule has 6 heteroatoms. The number of carbonyl (C=O) groups is 1. The van der Waals surface area contributed by atoms with Crippen LogP contribution in [0.15, 0.2) is 47.1 Å². The molecule has 5 nitrogen and oxygen atoms in total. The maximum absolute atomic E-state index is 13.0. The lowest BCUT2D eigenvalue weighted by atomic mass is 10.2. The van der Waals surface area contributed by atoms with Crippen LogP contribution in [0.3, 0.4) is 0 Å². The van der Waals surface area contributed by atoms with Gasteiger partial charge in [-0.1, -0.05) is 6.07 Å². The van der Waals surface area contributed by atoms with Crippen LogP contribution in [0.5, 0.6) is 5.75 Å². The molecule has 112 valence electrons. The number of aliphatic hydroxyl groups is 1. The van der Waals surface area contributed by atoms with Gasteiger partial charge in [0.1, 0.15) is 23.4 Å². The first kappa shape index (κ1) is 15.1. The van der Waals surface area contributed by atoms with E-state index in [9.17, 15) is 14.3 Å². The van der Waals surface area contributed by atoms with Crippen molar-refractivity contribution in [2.24, 2.45) is 0 Å². The first-order valence-corrected chi connectivity index (χ1v) is 6.47. The second-order valence-electron chi connectivity index (χ2n) is 4.49. The minimum Gasteiger partial charge on any atom is -0.481 e. The van der Waals surface area contributed by atoms with Gasteiger partial charge in [0.05, 0.1) is 12.8 Å². The van der Waals surface area contributed by atoms with Crippen molar-refractivity contribution in [1.82, 2.24) is 5.32 Å². The fourth-order valence-electron chi connectivity index (χ4n) is 1.72. The van der Waals surface area contributed by atoms with Gasteiger partial charge < -0.3 is 19.6 Å². The summed E-state index contributed by atoms with van der Waals surface area (Å²) in [6.45, 7) is 1.54. The van der Waals surface area contributed by atoms with Gasteiger partial charge in [-0.3, -0.25) is 4.79 Å². The molecule has 2 rings (SSSR count). The molecule has 1 heterocycles. The number of amides is 1. The summed E-state index contributed by atoms with van der Waals surface area (Å²) in [6.07, 6.45) is -0.295. The van der Waals surface area contributed by atoms with Crippen LogP contribution >= 0.6 is 0 Å². The highest BCUT2D eigenvalue weighted by molar-refractivity contribution is 5.80. The van der Waals surface area contributed by atoms with Crippen LogP contribution in [-0.4, -0.2) is 23.7 Å². The number of hydrogen-bond donors (Lipinski definition) is 2. The summed E-state index contributed by atoms with van der Waals surface area (Å²) in [5, 5.41) is 12.3. The van der Waals surface area contributed by atoms with Gasteiger partial charge in [0.15, 0.2) is 6.10 Å². The van der Waals surface area contributed by atoms with Crippen LogP contribution < -0.4 is 10.1 Å². The number of rotatable bonds is 6. The molecule has 0 aliphatic carbocycles. The van der Waals surface area contributed by atoms with Crippen LogP contribution in [0.4, 0.5) is 4.39 Å². The highest BCUT2D eigenvalue weighted by Gasteiger charge is 2.17. The smallest absolute Gasteiger partial charge is 0.260 e. The molecular formula is C15H16FNO4. The SMILES string of the molecule is CC(Oc1cccc(F)c1)C(=O)NCC(O)c1ccco1. The summed E-state index contributed by atoms with van der Waals surface area (Å²) in [5.74, 6) is -0.212. The number of halogens is 1. The molecule has 0 radical (unpaired) electrons. The Morgan fingerprint density at radius 2 is 2.24 bits per heavy atom. The van der Waals surface area contributed by atoms with E-state index in [4.69, 9.17) is 9.15 Å². The second kappa shape index (κ2) is 6.90. The van der Waals surface area contributed by atoms with Crippen molar-refractivity contribution in [2.75, 3.05) is 6.54 Å². The average molecular weight is 293 g/mol. The summed E-state index contributed by atoms with van der Waals surface area (Å²) >= 11 is 0. The third kappa shape index (κ3) is 4.32. The van der Waals surface area contributed by atoms with E-state index in [2.05, 4.69) is 5.32 Å². The minimum atomic E-state index is -0.926. The number of aliphatic hydroxyl groups excluding tert-OH is 1. The zero-order chi connectivity index (χ0) is 15.2. The van der Waals surface area contributed by atoms with Crippen molar-refractivity contribution in [3.8, 4) is 5.75 Å². The first-order valence-electron chi connectivity index (χ1n) is 6.47. The highest BCUT2D eigenvalue weighted by atomic mass is 19.1. The molecule has 1 aromatic carbocycles. The normalized spacial score (nSPS) is 13.5. The number of carbonyl (C=O) groups excluding carboxylic acids is 1. The molecule has 0 spiro atoms. The molecule has 2 unspecified atom stereocenters. The summed E-state index contributed by atoms with van der Waals surface area (Å²) in [7, 11) is 0. The number of nitrogens with one attached hydrogen (secondary N) is 1. The fraction of sp³-hybridized carbons (Fsp3) is 0.267. The molecule has 2 N–H and O–H groups in total. The number of furan rings is 1. The van der Waals surface area contributed by atoms with Crippen molar-refractivity contribution in [3.63, 3.8) is 0 Å². The average Bonchev–Trinajstić information content (AvgIpc) is 2.98. The number of hydrogen-bond acceptors (Lipinski definition) is 4. The van der Waals surface area contributed by atoms with Crippen molar-refractivity contribution in [3.05, 3.63) is 54.2 Å².